The summed E-state index contributed by atoms with van der Waals surface area (Å²) in [6.45, 7) is 0.513. The van der Waals surface area contributed by atoms with E-state index >= 15 is 0 Å². The third-order valence-electron chi connectivity index (χ3n) is 3.56. The molecule has 3 nitrogen and oxygen atoms in total. The van der Waals surface area contributed by atoms with Crippen LogP contribution in [-0.2, 0) is 19.4 Å². The number of aromatic nitrogens is 2. The Morgan fingerprint density at radius 2 is 2.11 bits per heavy atom. The summed E-state index contributed by atoms with van der Waals surface area (Å²) in [6.07, 6.45) is 6.55. The quantitative estimate of drug-likeness (QED) is 0.903. The van der Waals surface area contributed by atoms with E-state index in [1.54, 1.807) is 0 Å². The molecule has 0 amide bonds. The van der Waals surface area contributed by atoms with Gasteiger partial charge in [0.2, 0.25) is 0 Å². The number of hydrogen-bond acceptors (Lipinski definition) is 2. The number of nitrogens with zero attached hydrogens (tertiary/aromatic N) is 2. The molecule has 0 saturated carbocycles. The predicted octanol–water partition coefficient (Wildman–Crippen LogP) is 2.86. The van der Waals surface area contributed by atoms with Crippen LogP contribution in [0.15, 0.2) is 24.5 Å². The number of rotatable bonds is 2. The molecular formula is C14H16ClN3. The summed E-state index contributed by atoms with van der Waals surface area (Å²) < 4.78 is 2.16. The van der Waals surface area contributed by atoms with Crippen LogP contribution in [0.5, 0.6) is 0 Å². The highest BCUT2D eigenvalue weighted by atomic mass is 35.5. The smallest absolute Gasteiger partial charge is 0.0997 e. The average molecular weight is 262 g/mol. The molecule has 0 saturated heterocycles. The van der Waals surface area contributed by atoms with Gasteiger partial charge < -0.3 is 10.3 Å². The van der Waals surface area contributed by atoms with Crippen molar-refractivity contribution in [1.29, 1.82) is 0 Å². The van der Waals surface area contributed by atoms with E-state index in [1.807, 2.05) is 24.5 Å². The zero-order valence-corrected chi connectivity index (χ0v) is 11.0. The number of imidazole rings is 1. The van der Waals surface area contributed by atoms with Gasteiger partial charge in [-0.2, -0.15) is 0 Å². The van der Waals surface area contributed by atoms with E-state index in [0.717, 1.165) is 29.1 Å². The predicted molar refractivity (Wildman–Crippen MR) is 73.1 cm³/mol. The summed E-state index contributed by atoms with van der Waals surface area (Å²) >= 11 is 6.10. The van der Waals surface area contributed by atoms with E-state index in [2.05, 4.69) is 9.55 Å². The van der Waals surface area contributed by atoms with Crippen LogP contribution < -0.4 is 5.73 Å². The van der Waals surface area contributed by atoms with Gasteiger partial charge in [-0.05, 0) is 43.4 Å². The van der Waals surface area contributed by atoms with Gasteiger partial charge in [-0.1, -0.05) is 17.7 Å². The number of halogens is 1. The van der Waals surface area contributed by atoms with E-state index in [0.29, 0.717) is 6.54 Å². The first-order valence-corrected chi connectivity index (χ1v) is 6.71. The van der Waals surface area contributed by atoms with Crippen LogP contribution in [0, 0.1) is 0 Å². The zero-order valence-electron chi connectivity index (χ0n) is 10.2. The molecule has 94 valence electrons. The van der Waals surface area contributed by atoms with Gasteiger partial charge in [-0.25, -0.2) is 4.98 Å². The maximum Gasteiger partial charge on any atom is 0.0997 e. The topological polar surface area (TPSA) is 43.8 Å². The summed E-state index contributed by atoms with van der Waals surface area (Å²) in [6, 6.07) is 5.85. The molecule has 18 heavy (non-hydrogen) atoms. The summed E-state index contributed by atoms with van der Waals surface area (Å²) in [7, 11) is 0. The fourth-order valence-corrected chi connectivity index (χ4v) is 2.78. The molecule has 1 aromatic heterocycles. The van der Waals surface area contributed by atoms with E-state index in [1.165, 1.54) is 24.2 Å². The summed E-state index contributed by atoms with van der Waals surface area (Å²) in [4.78, 5) is 4.52. The average Bonchev–Trinajstić information content (AvgIpc) is 2.82. The number of hydrogen-bond donors (Lipinski definition) is 1. The molecule has 1 aromatic carbocycles. The molecule has 2 aromatic rings. The second kappa shape index (κ2) is 4.75. The molecule has 1 aliphatic carbocycles. The van der Waals surface area contributed by atoms with Gasteiger partial charge in [-0.3, -0.25) is 0 Å². The van der Waals surface area contributed by atoms with Crippen molar-refractivity contribution in [2.75, 3.05) is 0 Å². The molecule has 0 aliphatic heterocycles. The number of fused-ring (bicyclic) bond motifs is 1. The largest absolute Gasteiger partial charge is 0.326 e. The molecule has 0 atom stereocenters. The molecule has 4 heteroatoms. The Labute approximate surface area is 112 Å². The fourth-order valence-electron chi connectivity index (χ4n) is 2.61. The molecule has 0 spiro atoms. The Hall–Kier alpha value is -1.32. The molecule has 0 radical (unpaired) electrons. The van der Waals surface area contributed by atoms with Crippen LogP contribution >= 0.6 is 11.6 Å². The van der Waals surface area contributed by atoms with Gasteiger partial charge in [-0.15, -0.1) is 0 Å². The van der Waals surface area contributed by atoms with Gasteiger partial charge in [0.25, 0.3) is 0 Å². The second-order valence-corrected chi connectivity index (χ2v) is 5.13. The van der Waals surface area contributed by atoms with E-state index in [4.69, 9.17) is 17.3 Å². The Kier molecular flexibility index (Phi) is 3.10. The lowest BCUT2D eigenvalue weighted by atomic mass is 10.0. The van der Waals surface area contributed by atoms with Crippen LogP contribution in [0.2, 0.25) is 5.02 Å². The van der Waals surface area contributed by atoms with Crippen molar-refractivity contribution in [2.45, 2.75) is 32.2 Å². The van der Waals surface area contributed by atoms with E-state index < -0.39 is 0 Å². The third kappa shape index (κ3) is 1.93. The SMILES string of the molecule is NCc1ccc(Cl)cc1-n1cnc2c1CCCC2. The van der Waals surface area contributed by atoms with Crippen molar-refractivity contribution in [2.24, 2.45) is 5.73 Å². The van der Waals surface area contributed by atoms with Crippen molar-refractivity contribution in [3.8, 4) is 5.69 Å². The lowest BCUT2D eigenvalue weighted by molar-refractivity contribution is 0.655. The zero-order chi connectivity index (χ0) is 12.5. The van der Waals surface area contributed by atoms with Crippen LogP contribution in [0.4, 0.5) is 0 Å². The molecule has 3 rings (SSSR count). The fraction of sp³-hybridized carbons (Fsp3) is 0.357. The lowest BCUT2D eigenvalue weighted by Gasteiger charge is -2.16. The normalized spacial score (nSPS) is 14.6. The Morgan fingerprint density at radius 1 is 1.28 bits per heavy atom. The summed E-state index contributed by atoms with van der Waals surface area (Å²) in [5.41, 5.74) is 10.5. The van der Waals surface area contributed by atoms with Crippen molar-refractivity contribution < 1.29 is 0 Å². The first-order chi connectivity index (χ1) is 8.79. The highest BCUT2D eigenvalue weighted by Gasteiger charge is 2.17. The van der Waals surface area contributed by atoms with Crippen molar-refractivity contribution in [1.82, 2.24) is 9.55 Å². The molecular weight excluding hydrogens is 246 g/mol. The molecule has 1 heterocycles. The van der Waals surface area contributed by atoms with Gasteiger partial charge in [0.1, 0.15) is 0 Å². The Balaban J connectivity index is 2.14. The van der Waals surface area contributed by atoms with Gasteiger partial charge in [0, 0.05) is 17.3 Å². The van der Waals surface area contributed by atoms with E-state index in [-0.39, 0.29) is 0 Å². The third-order valence-corrected chi connectivity index (χ3v) is 3.79. The standard InChI is InChI=1S/C14H16ClN3/c15-11-6-5-10(8-16)14(7-11)18-9-17-12-3-1-2-4-13(12)18/h5-7,9H,1-4,8,16H2. The van der Waals surface area contributed by atoms with Gasteiger partial charge in [0.15, 0.2) is 0 Å². The second-order valence-electron chi connectivity index (χ2n) is 4.69. The minimum Gasteiger partial charge on any atom is -0.326 e. The van der Waals surface area contributed by atoms with Crippen molar-refractivity contribution >= 4 is 11.6 Å². The van der Waals surface area contributed by atoms with Crippen LogP contribution in [0.3, 0.4) is 0 Å². The van der Waals surface area contributed by atoms with Crippen LogP contribution in [-0.4, -0.2) is 9.55 Å². The Morgan fingerprint density at radius 3 is 2.94 bits per heavy atom. The molecule has 0 unspecified atom stereocenters. The van der Waals surface area contributed by atoms with Crippen LogP contribution in [0.25, 0.3) is 5.69 Å². The monoisotopic (exact) mass is 261 g/mol. The summed E-state index contributed by atoms with van der Waals surface area (Å²) in [5, 5.41) is 0.737. The first kappa shape index (κ1) is 11.8. The minimum absolute atomic E-state index is 0.513. The van der Waals surface area contributed by atoms with Crippen molar-refractivity contribution in [3.63, 3.8) is 0 Å². The minimum atomic E-state index is 0.513. The number of nitrogens with two attached hydrogens (primary N) is 1. The molecule has 2 N–H and O–H groups in total. The maximum absolute atomic E-state index is 6.10. The van der Waals surface area contributed by atoms with Crippen molar-refractivity contribution in [3.05, 3.63) is 46.5 Å². The van der Waals surface area contributed by atoms with Gasteiger partial charge >= 0.3 is 0 Å². The maximum atomic E-state index is 6.10. The molecule has 0 bridgehead atoms. The number of benzene rings is 1. The highest BCUT2D eigenvalue weighted by Crippen LogP contribution is 2.26. The van der Waals surface area contributed by atoms with E-state index in [9.17, 15) is 0 Å². The number of aryl methyl sites for hydroxylation is 1. The lowest BCUT2D eigenvalue weighted by Crippen LogP contribution is -2.10. The highest BCUT2D eigenvalue weighted by molar-refractivity contribution is 6.30. The summed E-state index contributed by atoms with van der Waals surface area (Å²) in [5.74, 6) is 0. The van der Waals surface area contributed by atoms with Gasteiger partial charge in [0.05, 0.1) is 17.7 Å². The Bertz CT molecular complexity index is 574. The van der Waals surface area contributed by atoms with Crippen LogP contribution in [0.1, 0.15) is 29.8 Å². The molecule has 0 fully saturated rings. The first-order valence-electron chi connectivity index (χ1n) is 6.33. The molecule has 1 aliphatic rings.